The van der Waals surface area contributed by atoms with E-state index in [2.05, 4.69) is 0 Å². The monoisotopic (exact) mass is 469 g/mol. The Balaban J connectivity index is 1.41. The van der Waals surface area contributed by atoms with Crippen LogP contribution in [0.25, 0.3) is 0 Å². The third-order valence-electron chi connectivity index (χ3n) is 6.83. The average molecular weight is 470 g/mol. The Morgan fingerprint density at radius 2 is 1.91 bits per heavy atom. The van der Waals surface area contributed by atoms with Crippen LogP contribution in [0, 0.1) is 5.92 Å². The number of halogens is 2. The first-order valence-electron chi connectivity index (χ1n) is 11.0. The number of hydrogen-bond acceptors (Lipinski definition) is 5. The van der Waals surface area contributed by atoms with Crippen LogP contribution in [-0.4, -0.2) is 35.7 Å². The molecule has 1 amide bonds. The summed E-state index contributed by atoms with van der Waals surface area (Å²) in [6, 6.07) is 12.0. The molecule has 0 radical (unpaired) electrons. The Morgan fingerprint density at radius 3 is 2.76 bits per heavy atom. The van der Waals surface area contributed by atoms with Crippen molar-refractivity contribution >= 4 is 23.3 Å². The number of hydrogen-bond donors (Lipinski definition) is 0. The van der Waals surface area contributed by atoms with E-state index >= 15 is 0 Å². The van der Waals surface area contributed by atoms with Gasteiger partial charge in [-0.15, -0.1) is 0 Å². The van der Waals surface area contributed by atoms with Gasteiger partial charge in [0.2, 0.25) is 6.79 Å². The second kappa shape index (κ2) is 7.76. The van der Waals surface area contributed by atoms with Crippen LogP contribution in [0.5, 0.6) is 11.5 Å². The van der Waals surface area contributed by atoms with E-state index in [-0.39, 0.29) is 37.2 Å². The molecule has 6 rings (SSSR count). The van der Waals surface area contributed by atoms with Gasteiger partial charge in [-0.3, -0.25) is 9.59 Å². The minimum atomic E-state index is -1.03. The summed E-state index contributed by atoms with van der Waals surface area (Å²) >= 11 is 6.26. The van der Waals surface area contributed by atoms with E-state index in [4.69, 9.17) is 25.8 Å². The molecule has 4 unspecified atom stereocenters. The molecule has 1 aliphatic carbocycles. The van der Waals surface area contributed by atoms with Crippen LogP contribution in [0.4, 0.5) is 4.39 Å². The van der Waals surface area contributed by atoms with Crippen molar-refractivity contribution in [1.82, 2.24) is 4.90 Å². The number of nitrogens with zero attached hydrogens (tertiary/aromatic N) is 1. The van der Waals surface area contributed by atoms with Crippen molar-refractivity contribution in [3.8, 4) is 11.5 Å². The summed E-state index contributed by atoms with van der Waals surface area (Å²) in [6.45, 7) is 0.389. The highest BCUT2D eigenvalue weighted by Crippen LogP contribution is 2.48. The van der Waals surface area contributed by atoms with Crippen LogP contribution in [-0.2, 0) is 20.9 Å². The highest BCUT2D eigenvalue weighted by atomic mass is 35.5. The number of amides is 1. The summed E-state index contributed by atoms with van der Waals surface area (Å²) in [4.78, 5) is 28.8. The number of carbonyl (C=O) groups is 2. The number of Topliss-reactive ketones (excluding diaryl/α,β-unsaturated/α-hetero) is 1. The predicted molar refractivity (Wildman–Crippen MR) is 116 cm³/mol. The molecule has 0 N–H and O–H groups in total. The van der Waals surface area contributed by atoms with E-state index < -0.39 is 24.2 Å². The number of ketones is 1. The van der Waals surface area contributed by atoms with Crippen molar-refractivity contribution in [3.05, 3.63) is 69.9 Å². The Kier molecular flexibility index (Phi) is 4.83. The number of benzene rings is 2. The zero-order valence-corrected chi connectivity index (χ0v) is 18.4. The van der Waals surface area contributed by atoms with Crippen LogP contribution in [0.1, 0.15) is 36.4 Å². The molecule has 2 aromatic carbocycles. The van der Waals surface area contributed by atoms with Gasteiger partial charge in [0.1, 0.15) is 12.3 Å². The average Bonchev–Trinajstić information content (AvgIpc) is 3.37. The first-order valence-corrected chi connectivity index (χ1v) is 11.4. The number of rotatable bonds is 3. The highest BCUT2D eigenvalue weighted by molar-refractivity contribution is 6.30. The van der Waals surface area contributed by atoms with Crippen LogP contribution >= 0.6 is 11.6 Å². The summed E-state index contributed by atoms with van der Waals surface area (Å²) in [5.41, 5.74) is 1.84. The minimum absolute atomic E-state index is 0.0873. The van der Waals surface area contributed by atoms with Gasteiger partial charge < -0.3 is 19.1 Å². The van der Waals surface area contributed by atoms with Crippen molar-refractivity contribution in [3.63, 3.8) is 0 Å². The maximum Gasteiger partial charge on any atom is 0.290 e. The largest absolute Gasteiger partial charge is 0.483 e. The van der Waals surface area contributed by atoms with E-state index in [1.54, 1.807) is 29.2 Å². The summed E-state index contributed by atoms with van der Waals surface area (Å²) in [5, 5.41) is 0.501. The molecule has 0 spiro atoms. The molecular weight excluding hydrogens is 449 g/mol. The minimum Gasteiger partial charge on any atom is -0.483 e. The zero-order valence-electron chi connectivity index (χ0n) is 17.6. The SMILES string of the molecule is O=C1C2=C(OC3CCC(F)CC13)C(=O)N(Cc1ccc3c(c1)OCO3)C2c1cccc(Cl)c1. The molecule has 170 valence electrons. The lowest BCUT2D eigenvalue weighted by Crippen LogP contribution is -2.42. The van der Waals surface area contributed by atoms with E-state index in [1.165, 1.54) is 0 Å². The molecular formula is C25H21ClFNO5. The Labute approximate surface area is 194 Å². The van der Waals surface area contributed by atoms with Crippen molar-refractivity contribution < 1.29 is 28.2 Å². The molecule has 2 aromatic rings. The van der Waals surface area contributed by atoms with Crippen LogP contribution in [0.15, 0.2) is 53.8 Å². The van der Waals surface area contributed by atoms with E-state index in [9.17, 15) is 14.0 Å². The van der Waals surface area contributed by atoms with E-state index in [0.29, 0.717) is 40.5 Å². The maximum absolute atomic E-state index is 14.2. The summed E-state index contributed by atoms with van der Waals surface area (Å²) in [7, 11) is 0. The molecule has 4 atom stereocenters. The van der Waals surface area contributed by atoms with Gasteiger partial charge >= 0.3 is 0 Å². The zero-order chi connectivity index (χ0) is 22.7. The Bertz CT molecular complexity index is 1200. The fourth-order valence-corrected chi connectivity index (χ4v) is 5.48. The lowest BCUT2D eigenvalue weighted by atomic mass is 9.77. The number of fused-ring (bicyclic) bond motifs is 2. The van der Waals surface area contributed by atoms with Gasteiger partial charge in [-0.25, -0.2) is 4.39 Å². The highest BCUT2D eigenvalue weighted by Gasteiger charge is 2.53. The third-order valence-corrected chi connectivity index (χ3v) is 7.07. The van der Waals surface area contributed by atoms with Crippen molar-refractivity contribution in [2.45, 2.75) is 44.1 Å². The standard InChI is InChI=1S/C25H21ClFNO5/c26-15-3-1-2-14(9-15)22-21-23(29)17-10-16(27)5-7-18(17)33-24(21)25(30)28(22)11-13-4-6-19-20(8-13)32-12-31-19/h1-4,6,8-9,16-18,22H,5,7,10-12H2. The lowest BCUT2D eigenvalue weighted by Gasteiger charge is -2.36. The summed E-state index contributed by atoms with van der Waals surface area (Å²) in [5.74, 6) is 0.232. The molecule has 3 aliphatic heterocycles. The van der Waals surface area contributed by atoms with Crippen molar-refractivity contribution in [2.75, 3.05) is 6.79 Å². The fourth-order valence-electron chi connectivity index (χ4n) is 5.29. The first kappa shape index (κ1) is 20.5. The van der Waals surface area contributed by atoms with Gasteiger partial charge in [0.15, 0.2) is 23.0 Å². The van der Waals surface area contributed by atoms with E-state index in [0.717, 1.165) is 5.56 Å². The number of alkyl halides is 1. The Morgan fingerprint density at radius 1 is 1.06 bits per heavy atom. The topological polar surface area (TPSA) is 65.1 Å². The summed E-state index contributed by atoms with van der Waals surface area (Å²) in [6.07, 6.45) is -0.612. The molecule has 0 saturated heterocycles. The summed E-state index contributed by atoms with van der Waals surface area (Å²) < 4.78 is 31.1. The molecule has 1 saturated carbocycles. The van der Waals surface area contributed by atoms with Gasteiger partial charge in [0.25, 0.3) is 5.91 Å². The molecule has 0 bridgehead atoms. The smallest absolute Gasteiger partial charge is 0.290 e. The van der Waals surface area contributed by atoms with Crippen molar-refractivity contribution in [1.29, 1.82) is 0 Å². The molecule has 3 heterocycles. The van der Waals surface area contributed by atoms with Crippen molar-refractivity contribution in [2.24, 2.45) is 5.92 Å². The molecule has 6 nitrogen and oxygen atoms in total. The lowest BCUT2D eigenvalue weighted by molar-refractivity contribution is -0.136. The Hall–Kier alpha value is -3.06. The van der Waals surface area contributed by atoms with Gasteiger partial charge in [0.05, 0.1) is 17.5 Å². The first-order chi connectivity index (χ1) is 16.0. The third kappa shape index (κ3) is 3.37. The second-order valence-electron chi connectivity index (χ2n) is 8.86. The van der Waals surface area contributed by atoms with E-state index in [1.807, 2.05) is 18.2 Å². The number of ether oxygens (including phenoxy) is 3. The molecule has 4 aliphatic rings. The van der Waals surface area contributed by atoms with Gasteiger partial charge in [-0.2, -0.15) is 0 Å². The second-order valence-corrected chi connectivity index (χ2v) is 9.29. The van der Waals surface area contributed by atoms with Crippen LogP contribution < -0.4 is 9.47 Å². The predicted octanol–water partition coefficient (Wildman–Crippen LogP) is 4.51. The number of carbonyl (C=O) groups excluding carboxylic acids is 2. The molecule has 33 heavy (non-hydrogen) atoms. The van der Waals surface area contributed by atoms with Gasteiger partial charge in [-0.1, -0.05) is 29.8 Å². The quantitative estimate of drug-likeness (QED) is 0.661. The normalized spacial score (nSPS) is 28.0. The maximum atomic E-state index is 14.2. The molecule has 1 fully saturated rings. The van der Waals surface area contributed by atoms with Gasteiger partial charge in [-0.05, 0) is 54.7 Å². The molecule has 0 aromatic heterocycles. The van der Waals surface area contributed by atoms with Gasteiger partial charge in [0, 0.05) is 11.6 Å². The van der Waals surface area contributed by atoms with Crippen LogP contribution in [0.3, 0.4) is 0 Å². The van der Waals surface area contributed by atoms with Crippen LogP contribution in [0.2, 0.25) is 5.02 Å². The molecule has 8 heteroatoms. The fraction of sp³-hybridized carbons (Fsp3) is 0.360.